The van der Waals surface area contributed by atoms with Gasteiger partial charge in [0.15, 0.2) is 0 Å². The van der Waals surface area contributed by atoms with Crippen LogP contribution in [0, 0.1) is 11.3 Å². The second-order valence-corrected chi connectivity index (χ2v) is 5.98. The highest BCUT2D eigenvalue weighted by Crippen LogP contribution is 2.45. The Bertz CT molecular complexity index is 240. The SMILES string of the molecule is CN1CCC(C2(C3CCCCN3)COC2)C1. The minimum Gasteiger partial charge on any atom is -0.380 e. The average Bonchev–Trinajstić information content (AvgIpc) is 2.65. The zero-order valence-corrected chi connectivity index (χ0v) is 10.4. The normalized spacial score (nSPS) is 39.6. The second kappa shape index (κ2) is 4.28. The number of nitrogens with one attached hydrogen (secondary N) is 1. The minimum atomic E-state index is 0.477. The van der Waals surface area contributed by atoms with Gasteiger partial charge in [-0.3, -0.25) is 0 Å². The summed E-state index contributed by atoms with van der Waals surface area (Å²) in [6.07, 6.45) is 5.50. The van der Waals surface area contributed by atoms with Gasteiger partial charge in [-0.05, 0) is 45.3 Å². The van der Waals surface area contributed by atoms with Gasteiger partial charge in [0.2, 0.25) is 0 Å². The first-order valence-corrected chi connectivity index (χ1v) is 6.81. The molecule has 0 aromatic carbocycles. The maximum absolute atomic E-state index is 5.58. The Morgan fingerprint density at radius 1 is 1.25 bits per heavy atom. The van der Waals surface area contributed by atoms with Crippen LogP contribution in [0.3, 0.4) is 0 Å². The lowest BCUT2D eigenvalue weighted by molar-refractivity contribution is -0.165. The van der Waals surface area contributed by atoms with Crippen molar-refractivity contribution in [1.29, 1.82) is 0 Å². The Labute approximate surface area is 98.5 Å². The van der Waals surface area contributed by atoms with E-state index in [0.717, 1.165) is 25.2 Å². The lowest BCUT2D eigenvalue weighted by Gasteiger charge is -2.52. The van der Waals surface area contributed by atoms with Crippen LogP contribution in [0.1, 0.15) is 25.7 Å². The molecule has 1 N–H and O–H groups in total. The van der Waals surface area contributed by atoms with Crippen LogP contribution in [0.4, 0.5) is 0 Å². The van der Waals surface area contributed by atoms with Gasteiger partial charge in [0.25, 0.3) is 0 Å². The first-order chi connectivity index (χ1) is 7.81. The molecule has 0 aromatic heterocycles. The molecule has 2 atom stereocenters. The number of hydrogen-bond donors (Lipinski definition) is 1. The smallest absolute Gasteiger partial charge is 0.0563 e. The van der Waals surface area contributed by atoms with Crippen molar-refractivity contribution in [3.05, 3.63) is 0 Å². The van der Waals surface area contributed by atoms with Gasteiger partial charge in [-0.2, -0.15) is 0 Å². The van der Waals surface area contributed by atoms with Gasteiger partial charge in [-0.1, -0.05) is 6.42 Å². The van der Waals surface area contributed by atoms with Gasteiger partial charge in [-0.25, -0.2) is 0 Å². The molecule has 0 radical (unpaired) electrons. The van der Waals surface area contributed by atoms with Crippen molar-refractivity contribution in [3.8, 4) is 0 Å². The summed E-state index contributed by atoms with van der Waals surface area (Å²) in [4.78, 5) is 2.48. The largest absolute Gasteiger partial charge is 0.380 e. The zero-order chi connectivity index (χ0) is 11.0. The number of nitrogens with zero attached hydrogens (tertiary/aromatic N) is 1. The van der Waals surface area contributed by atoms with Crippen LogP contribution in [0.5, 0.6) is 0 Å². The topological polar surface area (TPSA) is 24.5 Å². The van der Waals surface area contributed by atoms with E-state index in [2.05, 4.69) is 17.3 Å². The van der Waals surface area contributed by atoms with Crippen LogP contribution in [-0.2, 0) is 4.74 Å². The fourth-order valence-electron chi connectivity index (χ4n) is 3.81. The fraction of sp³-hybridized carbons (Fsp3) is 1.00. The van der Waals surface area contributed by atoms with Gasteiger partial charge in [0.1, 0.15) is 0 Å². The molecule has 3 saturated heterocycles. The van der Waals surface area contributed by atoms with E-state index in [1.807, 2.05) is 0 Å². The van der Waals surface area contributed by atoms with Crippen molar-refractivity contribution in [1.82, 2.24) is 10.2 Å². The lowest BCUT2D eigenvalue weighted by atomic mass is 9.66. The number of rotatable bonds is 2. The maximum atomic E-state index is 5.58. The standard InChI is InChI=1S/C13H24N2O/c1-15-7-5-11(8-15)13(9-16-10-13)12-4-2-3-6-14-12/h11-12,14H,2-10H2,1H3. The zero-order valence-electron chi connectivity index (χ0n) is 10.4. The summed E-state index contributed by atoms with van der Waals surface area (Å²) < 4.78 is 5.58. The summed E-state index contributed by atoms with van der Waals surface area (Å²) in [6.45, 7) is 5.78. The highest BCUT2D eigenvalue weighted by Gasteiger charge is 2.52. The van der Waals surface area contributed by atoms with E-state index in [9.17, 15) is 0 Å². The van der Waals surface area contributed by atoms with Gasteiger partial charge < -0.3 is 15.0 Å². The third-order valence-corrected chi connectivity index (χ3v) is 4.95. The molecule has 3 aliphatic heterocycles. The quantitative estimate of drug-likeness (QED) is 0.760. The molecule has 3 nitrogen and oxygen atoms in total. The predicted octanol–water partition coefficient (Wildman–Crippen LogP) is 1.10. The van der Waals surface area contributed by atoms with E-state index in [1.54, 1.807) is 0 Å². The molecule has 3 fully saturated rings. The van der Waals surface area contributed by atoms with Crippen molar-refractivity contribution in [2.75, 3.05) is 39.9 Å². The molecule has 0 aromatic rings. The second-order valence-electron chi connectivity index (χ2n) is 5.98. The molecule has 0 spiro atoms. The Hall–Kier alpha value is -0.120. The van der Waals surface area contributed by atoms with Crippen LogP contribution >= 0.6 is 0 Å². The Kier molecular flexibility index (Phi) is 2.94. The van der Waals surface area contributed by atoms with Crippen molar-refractivity contribution in [2.45, 2.75) is 31.7 Å². The highest BCUT2D eigenvalue weighted by molar-refractivity contribution is 5.03. The van der Waals surface area contributed by atoms with Crippen molar-refractivity contribution in [2.24, 2.45) is 11.3 Å². The van der Waals surface area contributed by atoms with E-state index in [1.165, 1.54) is 45.3 Å². The monoisotopic (exact) mass is 224 g/mol. The van der Waals surface area contributed by atoms with Crippen LogP contribution < -0.4 is 5.32 Å². The van der Waals surface area contributed by atoms with E-state index in [4.69, 9.17) is 4.74 Å². The van der Waals surface area contributed by atoms with Crippen molar-refractivity contribution >= 4 is 0 Å². The molecule has 3 aliphatic rings. The molecule has 2 unspecified atom stereocenters. The predicted molar refractivity (Wildman–Crippen MR) is 64.5 cm³/mol. The Morgan fingerprint density at radius 2 is 2.12 bits per heavy atom. The lowest BCUT2D eigenvalue weighted by Crippen LogP contribution is -2.62. The summed E-state index contributed by atoms with van der Waals surface area (Å²) in [5, 5.41) is 3.76. The molecule has 16 heavy (non-hydrogen) atoms. The van der Waals surface area contributed by atoms with Crippen LogP contribution in [-0.4, -0.2) is 50.8 Å². The third-order valence-electron chi connectivity index (χ3n) is 4.95. The fourth-order valence-corrected chi connectivity index (χ4v) is 3.81. The Balaban J connectivity index is 1.71. The summed E-state index contributed by atoms with van der Waals surface area (Å²) in [6, 6.07) is 0.728. The third kappa shape index (κ3) is 1.69. The molecule has 3 rings (SSSR count). The van der Waals surface area contributed by atoms with Crippen LogP contribution in [0.25, 0.3) is 0 Å². The van der Waals surface area contributed by atoms with Gasteiger partial charge in [0, 0.05) is 18.0 Å². The van der Waals surface area contributed by atoms with E-state index in [-0.39, 0.29) is 0 Å². The van der Waals surface area contributed by atoms with Gasteiger partial charge in [-0.15, -0.1) is 0 Å². The van der Waals surface area contributed by atoms with Gasteiger partial charge in [0.05, 0.1) is 13.2 Å². The summed E-state index contributed by atoms with van der Waals surface area (Å²) in [5.74, 6) is 0.863. The minimum absolute atomic E-state index is 0.477. The van der Waals surface area contributed by atoms with E-state index in [0.29, 0.717) is 5.41 Å². The number of likely N-dealkylation sites (tertiary alicyclic amines) is 1. The molecule has 0 aliphatic carbocycles. The molecule has 0 amide bonds. The molecular weight excluding hydrogens is 200 g/mol. The average molecular weight is 224 g/mol. The first-order valence-electron chi connectivity index (χ1n) is 6.81. The molecule has 3 heterocycles. The highest BCUT2D eigenvalue weighted by atomic mass is 16.5. The maximum Gasteiger partial charge on any atom is 0.0563 e. The van der Waals surface area contributed by atoms with Gasteiger partial charge >= 0.3 is 0 Å². The van der Waals surface area contributed by atoms with E-state index < -0.39 is 0 Å². The summed E-state index contributed by atoms with van der Waals surface area (Å²) >= 11 is 0. The molecule has 0 bridgehead atoms. The van der Waals surface area contributed by atoms with Crippen LogP contribution in [0.15, 0.2) is 0 Å². The molecular formula is C13H24N2O. The Morgan fingerprint density at radius 3 is 2.62 bits per heavy atom. The number of ether oxygens (including phenoxy) is 1. The number of hydrogen-bond acceptors (Lipinski definition) is 3. The first kappa shape index (κ1) is 11.0. The van der Waals surface area contributed by atoms with Crippen molar-refractivity contribution in [3.63, 3.8) is 0 Å². The van der Waals surface area contributed by atoms with Crippen LogP contribution in [0.2, 0.25) is 0 Å². The summed E-state index contributed by atoms with van der Waals surface area (Å²) in [7, 11) is 2.25. The number of piperidine rings is 1. The molecule has 3 heteroatoms. The summed E-state index contributed by atoms with van der Waals surface area (Å²) in [5.41, 5.74) is 0.477. The van der Waals surface area contributed by atoms with Crippen molar-refractivity contribution < 1.29 is 4.74 Å². The van der Waals surface area contributed by atoms with E-state index >= 15 is 0 Å². The molecule has 0 saturated carbocycles. The molecule has 92 valence electrons.